The monoisotopic (exact) mass is 446 g/mol. The van der Waals surface area contributed by atoms with E-state index in [2.05, 4.69) is 25.3 Å². The lowest BCUT2D eigenvalue weighted by Gasteiger charge is -2.32. The first-order valence-corrected chi connectivity index (χ1v) is 10.9. The summed E-state index contributed by atoms with van der Waals surface area (Å²) in [6, 6.07) is 8.88. The van der Waals surface area contributed by atoms with Crippen LogP contribution >= 0.6 is 0 Å². The standard InChI is InChI=1S/C23H23FN8O/c1-26-18-10-13(24)9-17-19-21(28-20(17)18)29-23(30-22(19)31-8-2-3-14(25)11-31)33-16-5-4-15-6-7-27-32(15)12-16/h4-7,9-10,12,14,26H,2-3,8,11,25H2,1H3,(H,28,29,30). The van der Waals surface area contributed by atoms with Gasteiger partial charge in [-0.3, -0.25) is 0 Å². The molecule has 33 heavy (non-hydrogen) atoms. The number of benzene rings is 1. The number of rotatable bonds is 4. The Labute approximate surface area is 188 Å². The van der Waals surface area contributed by atoms with Gasteiger partial charge in [-0.05, 0) is 43.2 Å². The summed E-state index contributed by atoms with van der Waals surface area (Å²) < 4.78 is 22.2. The molecule has 168 valence electrons. The largest absolute Gasteiger partial charge is 0.423 e. The van der Waals surface area contributed by atoms with Crippen molar-refractivity contribution in [3.8, 4) is 11.8 Å². The van der Waals surface area contributed by atoms with E-state index in [1.54, 1.807) is 24.0 Å². The van der Waals surface area contributed by atoms with E-state index in [1.165, 1.54) is 12.1 Å². The summed E-state index contributed by atoms with van der Waals surface area (Å²) in [6.45, 7) is 1.46. The van der Waals surface area contributed by atoms with Gasteiger partial charge in [0.05, 0.1) is 28.3 Å². The fourth-order valence-electron chi connectivity index (χ4n) is 4.56. The van der Waals surface area contributed by atoms with Crippen LogP contribution in [0.4, 0.5) is 15.9 Å². The fraction of sp³-hybridized carbons (Fsp3) is 0.261. The zero-order valence-corrected chi connectivity index (χ0v) is 18.0. The SMILES string of the molecule is CNc1cc(F)cc2c1[nH]c1nc(Oc3ccc4ccnn4c3)nc(N3CCCC(N)C3)c12. The van der Waals surface area contributed by atoms with Crippen molar-refractivity contribution in [1.82, 2.24) is 24.6 Å². The molecule has 4 N–H and O–H groups in total. The summed E-state index contributed by atoms with van der Waals surface area (Å²) in [5.41, 5.74) is 9.21. The molecule has 9 nitrogen and oxygen atoms in total. The van der Waals surface area contributed by atoms with Crippen LogP contribution < -0.4 is 20.7 Å². The third kappa shape index (κ3) is 3.39. The van der Waals surface area contributed by atoms with Crippen molar-refractivity contribution in [2.24, 2.45) is 5.73 Å². The molecule has 5 heterocycles. The summed E-state index contributed by atoms with van der Waals surface area (Å²) in [4.78, 5) is 14.9. The summed E-state index contributed by atoms with van der Waals surface area (Å²) in [7, 11) is 1.76. The van der Waals surface area contributed by atoms with E-state index in [9.17, 15) is 4.39 Å². The quantitative estimate of drug-likeness (QED) is 0.386. The Bertz CT molecular complexity index is 1490. The summed E-state index contributed by atoms with van der Waals surface area (Å²) in [5, 5.41) is 8.77. The lowest BCUT2D eigenvalue weighted by atomic mass is 10.1. The van der Waals surface area contributed by atoms with Crippen molar-refractivity contribution in [1.29, 1.82) is 0 Å². The number of hydrogen-bond acceptors (Lipinski definition) is 7. The first-order chi connectivity index (χ1) is 16.1. The number of anilines is 2. The van der Waals surface area contributed by atoms with Crippen LogP contribution in [0.5, 0.6) is 11.8 Å². The number of nitrogens with two attached hydrogens (primary N) is 1. The molecule has 1 unspecified atom stereocenters. The van der Waals surface area contributed by atoms with Gasteiger partial charge in [-0.1, -0.05) is 0 Å². The lowest BCUT2D eigenvalue weighted by Crippen LogP contribution is -2.43. The number of nitrogens with zero attached hydrogens (tertiary/aromatic N) is 5. The van der Waals surface area contributed by atoms with E-state index in [4.69, 9.17) is 15.5 Å². The Morgan fingerprint density at radius 2 is 2.15 bits per heavy atom. The number of H-pyrrole nitrogens is 1. The third-order valence-corrected chi connectivity index (χ3v) is 6.09. The minimum Gasteiger partial charge on any atom is -0.423 e. The molecule has 1 aliphatic heterocycles. The van der Waals surface area contributed by atoms with E-state index in [-0.39, 0.29) is 17.9 Å². The van der Waals surface area contributed by atoms with Crippen LogP contribution in [0.15, 0.2) is 42.7 Å². The van der Waals surface area contributed by atoms with Gasteiger partial charge in [0.25, 0.3) is 0 Å². The van der Waals surface area contributed by atoms with Gasteiger partial charge < -0.3 is 25.7 Å². The molecule has 1 aromatic carbocycles. The maximum absolute atomic E-state index is 14.4. The van der Waals surface area contributed by atoms with Gasteiger partial charge in [0.1, 0.15) is 23.0 Å². The molecular weight excluding hydrogens is 423 g/mol. The molecule has 1 atom stereocenters. The van der Waals surface area contributed by atoms with Crippen LogP contribution in [-0.2, 0) is 0 Å². The van der Waals surface area contributed by atoms with Crippen molar-refractivity contribution < 1.29 is 9.13 Å². The second-order valence-corrected chi connectivity index (χ2v) is 8.32. The molecule has 0 spiro atoms. The molecule has 1 fully saturated rings. The van der Waals surface area contributed by atoms with Gasteiger partial charge in [-0.25, -0.2) is 8.91 Å². The number of pyridine rings is 1. The maximum atomic E-state index is 14.4. The lowest BCUT2D eigenvalue weighted by molar-refractivity contribution is 0.438. The number of piperidine rings is 1. The Morgan fingerprint density at radius 3 is 3.00 bits per heavy atom. The van der Waals surface area contributed by atoms with Gasteiger partial charge in [-0.2, -0.15) is 15.1 Å². The molecule has 0 radical (unpaired) electrons. The minimum atomic E-state index is -0.332. The number of halogens is 1. The number of fused-ring (bicyclic) bond motifs is 4. The molecule has 4 aromatic heterocycles. The van der Waals surface area contributed by atoms with Crippen LogP contribution in [0.3, 0.4) is 0 Å². The first-order valence-electron chi connectivity index (χ1n) is 10.9. The number of nitrogens with one attached hydrogen (secondary N) is 2. The van der Waals surface area contributed by atoms with Crippen LogP contribution in [0.25, 0.3) is 27.5 Å². The normalized spacial score (nSPS) is 16.7. The van der Waals surface area contributed by atoms with Gasteiger partial charge in [0.2, 0.25) is 0 Å². The molecule has 10 heteroatoms. The predicted molar refractivity (Wildman–Crippen MR) is 126 cm³/mol. The number of ether oxygens (including phenoxy) is 1. The van der Waals surface area contributed by atoms with Gasteiger partial charge in [0.15, 0.2) is 0 Å². The minimum absolute atomic E-state index is 0.0465. The zero-order chi connectivity index (χ0) is 22.5. The van der Waals surface area contributed by atoms with E-state index in [0.29, 0.717) is 34.8 Å². The average Bonchev–Trinajstić information content (AvgIpc) is 3.42. The van der Waals surface area contributed by atoms with Gasteiger partial charge >= 0.3 is 6.01 Å². The molecule has 0 saturated carbocycles. The van der Waals surface area contributed by atoms with Crippen molar-refractivity contribution in [2.75, 3.05) is 30.4 Å². The van der Waals surface area contributed by atoms with Gasteiger partial charge in [0, 0.05) is 37.8 Å². The van der Waals surface area contributed by atoms with Gasteiger partial charge in [-0.15, -0.1) is 0 Å². The van der Waals surface area contributed by atoms with Crippen LogP contribution in [0.2, 0.25) is 0 Å². The molecule has 1 saturated heterocycles. The number of aromatic nitrogens is 5. The van der Waals surface area contributed by atoms with E-state index in [1.807, 2.05) is 18.2 Å². The first kappa shape index (κ1) is 19.7. The van der Waals surface area contributed by atoms with Crippen molar-refractivity contribution in [3.05, 3.63) is 48.5 Å². The summed E-state index contributed by atoms with van der Waals surface area (Å²) in [5.74, 6) is 0.913. The van der Waals surface area contributed by atoms with Crippen LogP contribution in [-0.4, -0.2) is 50.7 Å². The van der Waals surface area contributed by atoms with Crippen molar-refractivity contribution >= 4 is 39.0 Å². The number of hydrogen-bond donors (Lipinski definition) is 3. The highest BCUT2D eigenvalue weighted by Gasteiger charge is 2.25. The molecule has 5 aromatic rings. The topological polar surface area (TPSA) is 109 Å². The Hall–Kier alpha value is -3.92. The molecule has 6 rings (SSSR count). The Morgan fingerprint density at radius 1 is 1.24 bits per heavy atom. The van der Waals surface area contributed by atoms with Crippen LogP contribution in [0.1, 0.15) is 12.8 Å². The highest BCUT2D eigenvalue weighted by molar-refractivity contribution is 6.14. The smallest absolute Gasteiger partial charge is 0.326 e. The second kappa shape index (κ2) is 7.59. The average molecular weight is 446 g/mol. The van der Waals surface area contributed by atoms with Crippen molar-refractivity contribution in [3.63, 3.8) is 0 Å². The Balaban J connectivity index is 1.54. The molecular formula is C23H23FN8O. The molecule has 0 bridgehead atoms. The third-order valence-electron chi connectivity index (χ3n) is 6.09. The van der Waals surface area contributed by atoms with Crippen LogP contribution in [0, 0.1) is 5.82 Å². The predicted octanol–water partition coefficient (Wildman–Crippen LogP) is 3.66. The molecule has 1 aliphatic rings. The van der Waals surface area contributed by atoms with E-state index < -0.39 is 0 Å². The molecule has 0 amide bonds. The number of aromatic amines is 1. The van der Waals surface area contributed by atoms with Crippen molar-refractivity contribution in [2.45, 2.75) is 18.9 Å². The van der Waals surface area contributed by atoms with E-state index >= 15 is 0 Å². The second-order valence-electron chi connectivity index (χ2n) is 8.32. The molecule has 0 aliphatic carbocycles. The Kier molecular flexibility index (Phi) is 4.54. The maximum Gasteiger partial charge on any atom is 0.326 e. The summed E-state index contributed by atoms with van der Waals surface area (Å²) in [6.07, 6.45) is 5.42. The zero-order valence-electron chi connectivity index (χ0n) is 18.0. The summed E-state index contributed by atoms with van der Waals surface area (Å²) >= 11 is 0. The van der Waals surface area contributed by atoms with E-state index in [0.717, 1.165) is 35.8 Å². The fourth-order valence-corrected chi connectivity index (χ4v) is 4.56. The highest BCUT2D eigenvalue weighted by atomic mass is 19.1. The highest BCUT2D eigenvalue weighted by Crippen LogP contribution is 2.37.